The van der Waals surface area contributed by atoms with E-state index in [0.717, 1.165) is 10.5 Å². The van der Waals surface area contributed by atoms with Crippen LogP contribution in [0.15, 0.2) is 40.4 Å². The minimum atomic E-state index is -0.489. The van der Waals surface area contributed by atoms with Crippen molar-refractivity contribution < 1.29 is 14.3 Å². The topological polar surface area (TPSA) is 58.6 Å². The molecule has 0 fully saturated rings. The molecule has 1 aromatic carbocycles. The van der Waals surface area contributed by atoms with Crippen molar-refractivity contribution in [1.29, 1.82) is 0 Å². The first-order valence-corrected chi connectivity index (χ1v) is 7.69. The number of rotatable bonds is 3. The summed E-state index contributed by atoms with van der Waals surface area (Å²) in [5.41, 5.74) is 1.91. The van der Waals surface area contributed by atoms with Gasteiger partial charge in [0.2, 0.25) is 0 Å². The molecule has 0 aromatic heterocycles. The van der Waals surface area contributed by atoms with Crippen LogP contribution in [0.3, 0.4) is 0 Å². The van der Waals surface area contributed by atoms with E-state index in [-0.39, 0.29) is 6.03 Å². The lowest BCUT2D eigenvalue weighted by atomic mass is 9.95. The third-order valence-electron chi connectivity index (χ3n) is 3.61. The van der Waals surface area contributed by atoms with Crippen molar-refractivity contribution in [1.82, 2.24) is 10.2 Å². The maximum Gasteiger partial charge on any atom is 0.337 e. The Morgan fingerprint density at radius 1 is 1.33 bits per heavy atom. The van der Waals surface area contributed by atoms with Gasteiger partial charge < -0.3 is 15.0 Å². The molecule has 0 saturated carbocycles. The molecule has 1 aliphatic heterocycles. The number of esters is 1. The lowest BCUT2D eigenvalue weighted by Crippen LogP contribution is -2.46. The minimum absolute atomic E-state index is 0.237. The van der Waals surface area contributed by atoms with Gasteiger partial charge >= 0.3 is 12.0 Å². The average Bonchev–Trinajstić information content (AvgIpc) is 2.51. The zero-order valence-corrected chi connectivity index (χ0v) is 13.3. The highest BCUT2D eigenvalue weighted by Crippen LogP contribution is 2.31. The molecule has 6 heteroatoms. The number of hydrogen-bond donors (Lipinski definition) is 1. The van der Waals surface area contributed by atoms with Crippen LogP contribution in [0.4, 0.5) is 4.79 Å². The number of amides is 2. The average molecular weight is 306 g/mol. The van der Waals surface area contributed by atoms with Crippen LogP contribution in [0.2, 0.25) is 0 Å². The molecule has 1 atom stereocenters. The number of nitrogens with one attached hydrogen (secondary N) is 1. The van der Waals surface area contributed by atoms with E-state index in [1.165, 1.54) is 12.0 Å². The third kappa shape index (κ3) is 2.90. The molecule has 1 N–H and O–H groups in total. The largest absolute Gasteiger partial charge is 0.466 e. The molecule has 0 bridgehead atoms. The highest BCUT2D eigenvalue weighted by Gasteiger charge is 2.34. The van der Waals surface area contributed by atoms with Crippen molar-refractivity contribution in [2.24, 2.45) is 0 Å². The van der Waals surface area contributed by atoms with Gasteiger partial charge in [0.25, 0.3) is 0 Å². The number of allylic oxidation sites excluding steroid dienone is 1. The molecule has 0 saturated heterocycles. The predicted octanol–water partition coefficient (Wildman–Crippen LogP) is 2.55. The molecule has 0 unspecified atom stereocenters. The second-order valence-electron chi connectivity index (χ2n) is 4.71. The van der Waals surface area contributed by atoms with Crippen LogP contribution in [-0.2, 0) is 9.53 Å². The molecule has 0 radical (unpaired) electrons. The van der Waals surface area contributed by atoms with Crippen LogP contribution in [-0.4, -0.2) is 37.3 Å². The molecule has 2 rings (SSSR count). The van der Waals surface area contributed by atoms with Gasteiger partial charge in [-0.25, -0.2) is 9.59 Å². The fourth-order valence-electron chi connectivity index (χ4n) is 2.26. The fourth-order valence-corrected chi connectivity index (χ4v) is 2.66. The number of thioether (sulfide) groups is 1. The Kier molecular flexibility index (Phi) is 4.57. The second kappa shape index (κ2) is 6.22. The Labute approximate surface area is 128 Å². The van der Waals surface area contributed by atoms with Gasteiger partial charge in [0.05, 0.1) is 18.7 Å². The number of urea groups is 1. The number of benzene rings is 1. The molecule has 5 nitrogen and oxygen atoms in total. The van der Waals surface area contributed by atoms with Crippen LogP contribution < -0.4 is 5.32 Å². The summed E-state index contributed by atoms with van der Waals surface area (Å²) in [4.78, 5) is 26.6. The molecule has 0 aliphatic carbocycles. The van der Waals surface area contributed by atoms with Crippen molar-refractivity contribution in [2.45, 2.75) is 17.9 Å². The van der Waals surface area contributed by atoms with Gasteiger partial charge in [-0.3, -0.25) is 0 Å². The summed E-state index contributed by atoms with van der Waals surface area (Å²) < 4.78 is 4.86. The quantitative estimate of drug-likeness (QED) is 0.689. The van der Waals surface area contributed by atoms with Crippen molar-refractivity contribution in [3.63, 3.8) is 0 Å². The molecule has 2 amide bonds. The molecule has 112 valence electrons. The van der Waals surface area contributed by atoms with E-state index in [4.69, 9.17) is 4.74 Å². The van der Waals surface area contributed by atoms with Crippen molar-refractivity contribution in [3.05, 3.63) is 41.1 Å². The Bertz CT molecular complexity index is 595. The summed E-state index contributed by atoms with van der Waals surface area (Å²) in [5, 5.41) is 2.84. The van der Waals surface area contributed by atoms with Crippen molar-refractivity contribution in [2.75, 3.05) is 20.4 Å². The van der Waals surface area contributed by atoms with Gasteiger partial charge in [-0.1, -0.05) is 12.1 Å². The molecule has 1 aliphatic rings. The van der Waals surface area contributed by atoms with Gasteiger partial charge in [-0.2, -0.15) is 0 Å². The molecular formula is C15H18N2O3S. The van der Waals surface area contributed by atoms with Crippen LogP contribution in [0.25, 0.3) is 0 Å². The first-order chi connectivity index (χ1) is 9.99. The lowest BCUT2D eigenvalue weighted by molar-refractivity contribution is -0.136. The van der Waals surface area contributed by atoms with Crippen LogP contribution in [0, 0.1) is 0 Å². The van der Waals surface area contributed by atoms with E-state index in [0.29, 0.717) is 11.3 Å². The summed E-state index contributed by atoms with van der Waals surface area (Å²) in [6.45, 7) is 1.74. The Hall–Kier alpha value is -1.95. The van der Waals surface area contributed by atoms with E-state index < -0.39 is 12.0 Å². The van der Waals surface area contributed by atoms with E-state index in [2.05, 4.69) is 5.32 Å². The molecule has 0 spiro atoms. The molecule has 1 aromatic rings. The number of hydrogen-bond acceptors (Lipinski definition) is 4. The smallest absolute Gasteiger partial charge is 0.337 e. The van der Waals surface area contributed by atoms with E-state index in [1.54, 1.807) is 25.7 Å². The first-order valence-electron chi connectivity index (χ1n) is 6.46. The van der Waals surface area contributed by atoms with E-state index in [1.807, 2.05) is 30.5 Å². The highest BCUT2D eigenvalue weighted by molar-refractivity contribution is 7.98. The first kappa shape index (κ1) is 15.4. The monoisotopic (exact) mass is 306 g/mol. The van der Waals surface area contributed by atoms with E-state index >= 15 is 0 Å². The maximum atomic E-state index is 12.1. The van der Waals surface area contributed by atoms with Crippen LogP contribution in [0.5, 0.6) is 0 Å². The maximum absolute atomic E-state index is 12.1. The zero-order valence-electron chi connectivity index (χ0n) is 12.5. The zero-order chi connectivity index (χ0) is 15.6. The third-order valence-corrected chi connectivity index (χ3v) is 4.35. The summed E-state index contributed by atoms with van der Waals surface area (Å²) in [6, 6.07) is 7.04. The van der Waals surface area contributed by atoms with Gasteiger partial charge in [-0.15, -0.1) is 11.8 Å². The Balaban J connectivity index is 2.48. The molecule has 1 heterocycles. The van der Waals surface area contributed by atoms with Crippen molar-refractivity contribution >= 4 is 23.8 Å². The predicted molar refractivity (Wildman–Crippen MR) is 82.0 cm³/mol. The number of methoxy groups -OCH3 is 1. The molecular weight excluding hydrogens is 288 g/mol. The highest BCUT2D eigenvalue weighted by atomic mass is 32.2. The summed E-state index contributed by atoms with van der Waals surface area (Å²) >= 11 is 1.64. The van der Waals surface area contributed by atoms with E-state index in [9.17, 15) is 9.59 Å². The van der Waals surface area contributed by atoms with Gasteiger partial charge in [0.1, 0.15) is 0 Å². The minimum Gasteiger partial charge on any atom is -0.466 e. The number of carbonyl (C=O) groups excluding carboxylic acids is 2. The molecule has 21 heavy (non-hydrogen) atoms. The van der Waals surface area contributed by atoms with Gasteiger partial charge in [0, 0.05) is 17.6 Å². The van der Waals surface area contributed by atoms with Gasteiger partial charge in [0.15, 0.2) is 0 Å². The number of nitrogens with zero attached hydrogens (tertiary/aromatic N) is 1. The number of ether oxygens (including phenoxy) is 1. The van der Waals surface area contributed by atoms with Crippen LogP contribution >= 0.6 is 11.8 Å². The van der Waals surface area contributed by atoms with Crippen molar-refractivity contribution in [3.8, 4) is 0 Å². The SMILES string of the molecule is COC(=O)C1=C(C)N(C)C(=O)N[C@H]1c1ccc(SC)cc1. The van der Waals surface area contributed by atoms with Crippen LogP contribution in [0.1, 0.15) is 18.5 Å². The van der Waals surface area contributed by atoms with Gasteiger partial charge in [-0.05, 0) is 30.9 Å². The summed E-state index contributed by atoms with van der Waals surface area (Å²) in [7, 11) is 2.97. The summed E-state index contributed by atoms with van der Waals surface area (Å²) in [6.07, 6.45) is 2.00. The standard InChI is InChI=1S/C15H18N2O3S/c1-9-12(14(18)20-3)13(16-15(19)17(9)2)10-5-7-11(21-4)8-6-10/h5-8,13H,1-4H3,(H,16,19)/t13-/m0/s1. The Morgan fingerprint density at radius 2 is 1.95 bits per heavy atom. The lowest BCUT2D eigenvalue weighted by Gasteiger charge is -2.33. The normalized spacial score (nSPS) is 18.6. The summed E-state index contributed by atoms with van der Waals surface area (Å²) in [5.74, 6) is -0.432. The Morgan fingerprint density at radius 3 is 2.48 bits per heavy atom. The second-order valence-corrected chi connectivity index (χ2v) is 5.58. The number of carbonyl (C=O) groups is 2. The fraction of sp³-hybridized carbons (Fsp3) is 0.333.